The molecule has 17 heavy (non-hydrogen) atoms. The van der Waals surface area contributed by atoms with Crippen LogP contribution in [0.25, 0.3) is 0 Å². The van der Waals surface area contributed by atoms with Crippen LogP contribution in [0.4, 0.5) is 5.69 Å². The van der Waals surface area contributed by atoms with Crippen LogP contribution >= 0.6 is 11.6 Å². The van der Waals surface area contributed by atoms with Gasteiger partial charge in [-0.15, -0.1) is 0 Å². The van der Waals surface area contributed by atoms with E-state index in [1.807, 2.05) is 19.1 Å². The number of nitrogens with one attached hydrogen (secondary N) is 1. The summed E-state index contributed by atoms with van der Waals surface area (Å²) in [4.78, 5) is 11.4. The second kappa shape index (κ2) is 6.47. The monoisotopic (exact) mass is 256 g/mol. The quantitative estimate of drug-likeness (QED) is 0.817. The summed E-state index contributed by atoms with van der Waals surface area (Å²) in [6.45, 7) is 2.34. The Kier molecular flexibility index (Phi) is 5.25. The van der Waals surface area contributed by atoms with Crippen LogP contribution in [0.1, 0.15) is 6.92 Å². The van der Waals surface area contributed by atoms with Crippen molar-refractivity contribution in [3.63, 3.8) is 0 Å². The van der Waals surface area contributed by atoms with Crippen molar-refractivity contribution < 1.29 is 9.53 Å². The summed E-state index contributed by atoms with van der Waals surface area (Å²) < 4.78 is 5.02. The molecule has 0 heterocycles. The van der Waals surface area contributed by atoms with Crippen molar-refractivity contribution in [3.05, 3.63) is 29.3 Å². The molecule has 0 saturated carbocycles. The fourth-order valence-corrected chi connectivity index (χ4v) is 1.79. The van der Waals surface area contributed by atoms with Crippen molar-refractivity contribution in [2.24, 2.45) is 11.7 Å². The number of benzene rings is 1. The molecular formula is C12H17ClN2O2. The Morgan fingerprint density at radius 3 is 2.71 bits per heavy atom. The maximum absolute atomic E-state index is 11.4. The molecule has 5 heteroatoms. The second-order valence-corrected chi connectivity index (χ2v) is 4.34. The molecule has 94 valence electrons. The second-order valence-electron chi connectivity index (χ2n) is 3.94. The number of hydrogen-bond acceptors (Lipinski definition) is 3. The molecule has 0 radical (unpaired) electrons. The Morgan fingerprint density at radius 1 is 1.53 bits per heavy atom. The number of anilines is 1. The number of carbonyl (C=O) groups is 1. The Hall–Kier alpha value is -1.26. The van der Waals surface area contributed by atoms with E-state index in [-0.39, 0.29) is 5.92 Å². The SMILES string of the molecule is COCC(C)C(Nc1ccccc1Cl)C(N)=O. The van der Waals surface area contributed by atoms with Gasteiger partial charge < -0.3 is 15.8 Å². The van der Waals surface area contributed by atoms with Crippen LogP contribution in [0.5, 0.6) is 0 Å². The van der Waals surface area contributed by atoms with Gasteiger partial charge in [0, 0.05) is 13.0 Å². The van der Waals surface area contributed by atoms with E-state index in [4.69, 9.17) is 22.1 Å². The van der Waals surface area contributed by atoms with E-state index >= 15 is 0 Å². The topological polar surface area (TPSA) is 64.3 Å². The van der Waals surface area contributed by atoms with Crippen molar-refractivity contribution in [1.29, 1.82) is 0 Å². The van der Waals surface area contributed by atoms with Gasteiger partial charge in [0.25, 0.3) is 0 Å². The molecule has 1 aromatic rings. The van der Waals surface area contributed by atoms with E-state index in [0.717, 1.165) is 0 Å². The summed E-state index contributed by atoms with van der Waals surface area (Å²) in [5.74, 6) is -0.455. The highest BCUT2D eigenvalue weighted by Gasteiger charge is 2.23. The van der Waals surface area contributed by atoms with Gasteiger partial charge in [-0.05, 0) is 12.1 Å². The molecule has 0 aliphatic carbocycles. The van der Waals surface area contributed by atoms with Crippen molar-refractivity contribution in [2.45, 2.75) is 13.0 Å². The minimum absolute atomic E-state index is 0.0335. The Balaban J connectivity index is 2.80. The molecule has 1 rings (SSSR count). The molecule has 0 aliphatic heterocycles. The number of hydrogen-bond donors (Lipinski definition) is 2. The van der Waals surface area contributed by atoms with Gasteiger partial charge in [0.05, 0.1) is 17.3 Å². The van der Waals surface area contributed by atoms with E-state index in [0.29, 0.717) is 17.3 Å². The summed E-state index contributed by atoms with van der Waals surface area (Å²) in [6.07, 6.45) is 0. The number of nitrogens with two attached hydrogens (primary N) is 1. The zero-order valence-corrected chi connectivity index (χ0v) is 10.7. The highest BCUT2D eigenvalue weighted by atomic mass is 35.5. The van der Waals surface area contributed by atoms with Crippen molar-refractivity contribution >= 4 is 23.2 Å². The highest BCUT2D eigenvalue weighted by Crippen LogP contribution is 2.22. The summed E-state index contributed by atoms with van der Waals surface area (Å²) in [5, 5.41) is 3.60. The largest absolute Gasteiger partial charge is 0.384 e. The maximum atomic E-state index is 11.4. The van der Waals surface area contributed by atoms with Gasteiger partial charge in [0.2, 0.25) is 5.91 Å². The van der Waals surface area contributed by atoms with Crippen molar-refractivity contribution in [2.75, 3.05) is 19.0 Å². The third-order valence-electron chi connectivity index (χ3n) is 2.49. The predicted octanol–water partition coefficient (Wildman–Crippen LogP) is 1.89. The molecule has 0 spiro atoms. The van der Waals surface area contributed by atoms with Crippen LogP contribution in [0.2, 0.25) is 5.02 Å². The van der Waals surface area contributed by atoms with Crippen LogP contribution in [-0.4, -0.2) is 25.7 Å². The van der Waals surface area contributed by atoms with Gasteiger partial charge >= 0.3 is 0 Å². The van der Waals surface area contributed by atoms with Crippen LogP contribution in [0, 0.1) is 5.92 Å². The molecule has 0 bridgehead atoms. The number of methoxy groups -OCH3 is 1. The lowest BCUT2D eigenvalue weighted by molar-refractivity contribution is -0.120. The van der Waals surface area contributed by atoms with Crippen LogP contribution in [-0.2, 0) is 9.53 Å². The fourth-order valence-electron chi connectivity index (χ4n) is 1.60. The highest BCUT2D eigenvalue weighted by molar-refractivity contribution is 6.33. The smallest absolute Gasteiger partial charge is 0.240 e. The van der Waals surface area contributed by atoms with Crippen molar-refractivity contribution in [3.8, 4) is 0 Å². The molecule has 0 fully saturated rings. The zero-order valence-electron chi connectivity index (χ0n) is 9.94. The van der Waals surface area contributed by atoms with Gasteiger partial charge in [-0.25, -0.2) is 0 Å². The van der Waals surface area contributed by atoms with E-state index in [2.05, 4.69) is 5.32 Å². The number of halogens is 1. The van der Waals surface area contributed by atoms with E-state index < -0.39 is 11.9 Å². The van der Waals surface area contributed by atoms with E-state index in [1.165, 1.54) is 0 Å². The molecule has 1 amide bonds. The molecule has 1 aromatic carbocycles. The molecule has 4 nitrogen and oxygen atoms in total. The third-order valence-corrected chi connectivity index (χ3v) is 2.82. The number of primary amides is 1. The van der Waals surface area contributed by atoms with Gasteiger partial charge in [0.15, 0.2) is 0 Å². The summed E-state index contributed by atoms with van der Waals surface area (Å²) in [7, 11) is 1.59. The molecule has 2 atom stereocenters. The van der Waals surface area contributed by atoms with Crippen LogP contribution in [0.3, 0.4) is 0 Å². The number of ether oxygens (including phenoxy) is 1. The number of amides is 1. The van der Waals surface area contributed by atoms with Gasteiger partial charge in [-0.3, -0.25) is 4.79 Å². The first-order chi connectivity index (χ1) is 8.06. The van der Waals surface area contributed by atoms with Crippen LogP contribution in [0.15, 0.2) is 24.3 Å². The third kappa shape index (κ3) is 3.91. The van der Waals surface area contributed by atoms with Crippen LogP contribution < -0.4 is 11.1 Å². The number of carbonyl (C=O) groups excluding carboxylic acids is 1. The Labute approximate surface area is 106 Å². The van der Waals surface area contributed by atoms with E-state index in [1.54, 1.807) is 19.2 Å². The first-order valence-electron chi connectivity index (χ1n) is 5.35. The minimum atomic E-state index is -0.505. The standard InChI is InChI=1S/C12H17ClN2O2/c1-8(7-17-2)11(12(14)16)15-10-6-4-3-5-9(10)13/h3-6,8,11,15H,7H2,1-2H3,(H2,14,16). The first-order valence-corrected chi connectivity index (χ1v) is 5.73. The lowest BCUT2D eigenvalue weighted by Gasteiger charge is -2.23. The molecule has 3 N–H and O–H groups in total. The van der Waals surface area contributed by atoms with E-state index in [9.17, 15) is 4.79 Å². The Morgan fingerprint density at radius 2 is 2.18 bits per heavy atom. The lowest BCUT2D eigenvalue weighted by Crippen LogP contribution is -2.42. The number of para-hydroxylation sites is 1. The summed E-state index contributed by atoms with van der Waals surface area (Å²) in [6, 6.07) is 6.72. The maximum Gasteiger partial charge on any atom is 0.240 e. The fraction of sp³-hybridized carbons (Fsp3) is 0.417. The van der Waals surface area contributed by atoms with Gasteiger partial charge in [-0.2, -0.15) is 0 Å². The average Bonchev–Trinajstić information content (AvgIpc) is 2.27. The van der Waals surface area contributed by atoms with Gasteiger partial charge in [0.1, 0.15) is 6.04 Å². The normalized spacial score (nSPS) is 14.1. The first kappa shape index (κ1) is 13.8. The molecule has 0 saturated heterocycles. The molecule has 2 unspecified atom stereocenters. The number of rotatable bonds is 6. The molecule has 0 aliphatic rings. The zero-order chi connectivity index (χ0) is 12.8. The Bertz CT molecular complexity index is 385. The van der Waals surface area contributed by atoms with Crippen molar-refractivity contribution in [1.82, 2.24) is 0 Å². The predicted molar refractivity (Wildman–Crippen MR) is 69.1 cm³/mol. The minimum Gasteiger partial charge on any atom is -0.384 e. The molecular weight excluding hydrogens is 240 g/mol. The molecule has 0 aromatic heterocycles. The summed E-state index contributed by atoms with van der Waals surface area (Å²) in [5.41, 5.74) is 6.06. The summed E-state index contributed by atoms with van der Waals surface area (Å²) >= 11 is 6.01. The van der Waals surface area contributed by atoms with Gasteiger partial charge in [-0.1, -0.05) is 30.7 Å². The average molecular weight is 257 g/mol. The lowest BCUT2D eigenvalue weighted by atomic mass is 10.0.